The summed E-state index contributed by atoms with van der Waals surface area (Å²) >= 11 is 6.17. The number of nitrogens with one attached hydrogen (secondary N) is 1. The van der Waals surface area contributed by atoms with E-state index in [9.17, 15) is 0 Å². The summed E-state index contributed by atoms with van der Waals surface area (Å²) in [5.74, 6) is 0.920. The van der Waals surface area contributed by atoms with Crippen molar-refractivity contribution in [3.05, 3.63) is 64.2 Å². The first-order chi connectivity index (χ1) is 10.2. The number of ether oxygens (including phenoxy) is 1. The van der Waals surface area contributed by atoms with Crippen molar-refractivity contribution in [2.24, 2.45) is 0 Å². The summed E-state index contributed by atoms with van der Waals surface area (Å²) < 4.78 is 5.97. The molecule has 1 N–H and O–H groups in total. The zero-order valence-corrected chi connectivity index (χ0v) is 13.4. The lowest BCUT2D eigenvalue weighted by atomic mass is 10.1. The fraction of sp³-hybridized carbons (Fsp3) is 0.333. The van der Waals surface area contributed by atoms with Crippen LogP contribution in [0.2, 0.25) is 5.02 Å². The Morgan fingerprint density at radius 3 is 2.67 bits per heavy atom. The quantitative estimate of drug-likeness (QED) is 0.747. The molecule has 0 unspecified atom stereocenters. The maximum atomic E-state index is 6.17. The number of hydrogen-bond acceptors (Lipinski definition) is 2. The highest BCUT2D eigenvalue weighted by atomic mass is 35.5. The van der Waals surface area contributed by atoms with Gasteiger partial charge in [0.2, 0.25) is 0 Å². The number of benzene rings is 2. The fourth-order valence-corrected chi connectivity index (χ4v) is 2.35. The second kappa shape index (κ2) is 8.06. The van der Waals surface area contributed by atoms with Gasteiger partial charge in [0.15, 0.2) is 0 Å². The van der Waals surface area contributed by atoms with Gasteiger partial charge in [-0.3, -0.25) is 0 Å². The Morgan fingerprint density at radius 2 is 1.90 bits per heavy atom. The third-order valence-electron chi connectivity index (χ3n) is 3.30. The third-order valence-corrected chi connectivity index (χ3v) is 3.67. The average molecular weight is 304 g/mol. The molecule has 2 aromatic rings. The highest BCUT2D eigenvalue weighted by Crippen LogP contribution is 2.23. The van der Waals surface area contributed by atoms with E-state index < -0.39 is 0 Å². The van der Waals surface area contributed by atoms with Gasteiger partial charge in [0.25, 0.3) is 0 Å². The molecule has 0 bridgehead atoms. The highest BCUT2D eigenvalue weighted by Gasteiger charge is 2.06. The molecule has 0 heterocycles. The van der Waals surface area contributed by atoms with Crippen LogP contribution in [0.5, 0.6) is 5.75 Å². The van der Waals surface area contributed by atoms with E-state index in [2.05, 4.69) is 31.3 Å². The van der Waals surface area contributed by atoms with Gasteiger partial charge in [-0.25, -0.2) is 0 Å². The van der Waals surface area contributed by atoms with Gasteiger partial charge < -0.3 is 10.1 Å². The van der Waals surface area contributed by atoms with E-state index in [1.807, 2.05) is 30.3 Å². The standard InChI is InChI=1S/C18H22ClNO/c1-3-10-20-12-16-11-14(2)8-9-18(16)21-13-15-6-4-5-7-17(15)19/h4-9,11,20H,3,10,12-13H2,1-2H3. The van der Waals surface area contributed by atoms with Crippen LogP contribution in [0.25, 0.3) is 0 Å². The molecule has 3 heteroatoms. The number of rotatable bonds is 7. The van der Waals surface area contributed by atoms with Crippen LogP contribution in [0.1, 0.15) is 30.0 Å². The van der Waals surface area contributed by atoms with Crippen LogP contribution in [-0.2, 0) is 13.2 Å². The van der Waals surface area contributed by atoms with Gasteiger partial charge in [-0.05, 0) is 32.0 Å². The predicted octanol–water partition coefficient (Wildman–Crippen LogP) is 4.73. The molecule has 2 rings (SSSR count). The first-order valence-electron chi connectivity index (χ1n) is 7.37. The minimum absolute atomic E-state index is 0.490. The molecule has 0 saturated carbocycles. The predicted molar refractivity (Wildman–Crippen MR) is 89.0 cm³/mol. The first kappa shape index (κ1) is 15.9. The van der Waals surface area contributed by atoms with Gasteiger partial charge in [0.05, 0.1) is 0 Å². The molecule has 0 fully saturated rings. The van der Waals surface area contributed by atoms with Gasteiger partial charge in [0, 0.05) is 22.7 Å². The summed E-state index contributed by atoms with van der Waals surface area (Å²) in [6.07, 6.45) is 1.13. The van der Waals surface area contributed by atoms with Gasteiger partial charge in [0.1, 0.15) is 12.4 Å². The SMILES string of the molecule is CCCNCc1cc(C)ccc1OCc1ccccc1Cl. The lowest BCUT2D eigenvalue weighted by Crippen LogP contribution is -2.14. The smallest absolute Gasteiger partial charge is 0.124 e. The maximum absolute atomic E-state index is 6.17. The van der Waals surface area contributed by atoms with Crippen molar-refractivity contribution in [1.82, 2.24) is 5.32 Å². The highest BCUT2D eigenvalue weighted by molar-refractivity contribution is 6.31. The van der Waals surface area contributed by atoms with Gasteiger partial charge >= 0.3 is 0 Å². The zero-order valence-electron chi connectivity index (χ0n) is 12.7. The molecule has 2 aromatic carbocycles. The Labute approximate surface area is 132 Å². The Hall–Kier alpha value is -1.51. The van der Waals surface area contributed by atoms with E-state index >= 15 is 0 Å². The summed E-state index contributed by atoms with van der Waals surface area (Å²) in [4.78, 5) is 0. The van der Waals surface area contributed by atoms with Crippen LogP contribution in [0.15, 0.2) is 42.5 Å². The minimum atomic E-state index is 0.490. The van der Waals surface area contributed by atoms with Crippen LogP contribution in [0.3, 0.4) is 0 Å². The Bertz CT molecular complexity index is 583. The minimum Gasteiger partial charge on any atom is -0.489 e. The molecule has 2 nitrogen and oxygen atoms in total. The second-order valence-electron chi connectivity index (χ2n) is 5.17. The summed E-state index contributed by atoms with van der Waals surface area (Å²) in [5.41, 5.74) is 3.44. The number of aryl methyl sites for hydroxylation is 1. The number of hydrogen-bond donors (Lipinski definition) is 1. The molecular formula is C18H22ClNO. The van der Waals surface area contributed by atoms with Crippen LogP contribution >= 0.6 is 11.6 Å². The normalized spacial score (nSPS) is 10.6. The van der Waals surface area contributed by atoms with E-state index in [0.717, 1.165) is 35.8 Å². The molecule has 21 heavy (non-hydrogen) atoms. The molecule has 112 valence electrons. The molecule has 0 atom stereocenters. The van der Waals surface area contributed by atoms with E-state index in [1.54, 1.807) is 0 Å². The lowest BCUT2D eigenvalue weighted by molar-refractivity contribution is 0.302. The van der Waals surface area contributed by atoms with Crippen molar-refractivity contribution in [1.29, 1.82) is 0 Å². The number of halogens is 1. The Morgan fingerprint density at radius 1 is 1.10 bits per heavy atom. The topological polar surface area (TPSA) is 21.3 Å². The van der Waals surface area contributed by atoms with Crippen molar-refractivity contribution in [2.75, 3.05) is 6.54 Å². The fourth-order valence-electron chi connectivity index (χ4n) is 2.16. The van der Waals surface area contributed by atoms with Gasteiger partial charge in [-0.2, -0.15) is 0 Å². The van der Waals surface area contributed by atoms with Crippen molar-refractivity contribution in [3.63, 3.8) is 0 Å². The van der Waals surface area contributed by atoms with E-state index in [0.29, 0.717) is 6.61 Å². The molecule has 0 aliphatic carbocycles. The molecule has 0 aromatic heterocycles. The van der Waals surface area contributed by atoms with E-state index in [1.165, 1.54) is 11.1 Å². The molecule has 0 aliphatic heterocycles. The second-order valence-corrected chi connectivity index (χ2v) is 5.58. The van der Waals surface area contributed by atoms with Crippen molar-refractivity contribution < 1.29 is 4.74 Å². The molecule has 0 spiro atoms. The summed E-state index contributed by atoms with van der Waals surface area (Å²) in [6.45, 7) is 6.59. The Kier molecular flexibility index (Phi) is 6.09. The first-order valence-corrected chi connectivity index (χ1v) is 7.75. The van der Waals surface area contributed by atoms with Crippen LogP contribution in [0.4, 0.5) is 0 Å². The molecule has 0 saturated heterocycles. The Balaban J connectivity index is 2.06. The van der Waals surface area contributed by atoms with E-state index in [4.69, 9.17) is 16.3 Å². The molecular weight excluding hydrogens is 282 g/mol. The van der Waals surface area contributed by atoms with Crippen LogP contribution in [0, 0.1) is 6.92 Å². The largest absolute Gasteiger partial charge is 0.489 e. The average Bonchev–Trinajstić information content (AvgIpc) is 2.48. The van der Waals surface area contributed by atoms with Crippen molar-refractivity contribution in [3.8, 4) is 5.75 Å². The molecule has 0 radical (unpaired) electrons. The lowest BCUT2D eigenvalue weighted by Gasteiger charge is -2.13. The summed E-state index contributed by atoms with van der Waals surface area (Å²) in [5, 5.41) is 4.17. The van der Waals surface area contributed by atoms with Crippen LogP contribution < -0.4 is 10.1 Å². The third kappa shape index (κ3) is 4.76. The van der Waals surface area contributed by atoms with E-state index in [-0.39, 0.29) is 0 Å². The maximum Gasteiger partial charge on any atom is 0.124 e. The molecule has 0 amide bonds. The van der Waals surface area contributed by atoms with Crippen LogP contribution in [-0.4, -0.2) is 6.54 Å². The summed E-state index contributed by atoms with van der Waals surface area (Å²) in [6, 6.07) is 14.1. The van der Waals surface area contributed by atoms with Crippen molar-refractivity contribution >= 4 is 11.6 Å². The monoisotopic (exact) mass is 303 g/mol. The van der Waals surface area contributed by atoms with Gasteiger partial charge in [-0.1, -0.05) is 54.4 Å². The van der Waals surface area contributed by atoms with Crippen molar-refractivity contribution in [2.45, 2.75) is 33.4 Å². The molecule has 0 aliphatic rings. The zero-order chi connectivity index (χ0) is 15.1. The van der Waals surface area contributed by atoms with Gasteiger partial charge in [-0.15, -0.1) is 0 Å². The summed E-state index contributed by atoms with van der Waals surface area (Å²) in [7, 11) is 0.